The molecule has 0 spiro atoms. The fourth-order valence-electron chi connectivity index (χ4n) is 7.28. The highest BCUT2D eigenvalue weighted by Gasteiger charge is 2.81. The Bertz CT molecular complexity index is 1080. The highest BCUT2D eigenvalue weighted by atomic mass is 35.5. The second-order valence-electron chi connectivity index (χ2n) is 11.8. The van der Waals surface area contributed by atoms with Gasteiger partial charge in [0, 0.05) is 28.5 Å². The minimum Gasteiger partial charge on any atom is -0.440 e. The summed E-state index contributed by atoms with van der Waals surface area (Å²) < 4.78 is 12.2. The molecule has 1 saturated heterocycles. The van der Waals surface area contributed by atoms with Gasteiger partial charge in [-0.25, -0.2) is 4.79 Å². The molecule has 8 nitrogen and oxygen atoms in total. The number of Topliss-reactive ketones (excluding diaryl/α,β-unsaturated/α-hetero) is 1. The molecule has 0 aromatic heterocycles. The van der Waals surface area contributed by atoms with Crippen molar-refractivity contribution in [3.63, 3.8) is 0 Å². The number of amides is 1. The lowest BCUT2D eigenvalue weighted by Gasteiger charge is -2.71. The predicted octanol–water partition coefficient (Wildman–Crippen LogP) is 3.86. The zero-order valence-electron chi connectivity index (χ0n) is 21.4. The quantitative estimate of drug-likeness (QED) is 0.445. The molecule has 8 atom stereocenters. The van der Waals surface area contributed by atoms with Crippen molar-refractivity contribution in [2.75, 3.05) is 5.32 Å². The number of ether oxygens (including phenoxy) is 2. The molecule has 1 aromatic rings. The number of rotatable bonds is 3. The van der Waals surface area contributed by atoms with Crippen molar-refractivity contribution in [2.24, 2.45) is 16.7 Å². The van der Waals surface area contributed by atoms with E-state index in [1.807, 2.05) is 13.8 Å². The van der Waals surface area contributed by atoms with Crippen LogP contribution in [-0.4, -0.2) is 62.3 Å². The first-order valence-electron chi connectivity index (χ1n) is 12.2. The molecule has 2 saturated carbocycles. The van der Waals surface area contributed by atoms with Gasteiger partial charge in [-0.1, -0.05) is 38.4 Å². The summed E-state index contributed by atoms with van der Waals surface area (Å²) in [6.45, 7) is 12.4. The Labute approximate surface area is 216 Å². The number of carbonyl (C=O) groups is 2. The second kappa shape index (κ2) is 8.53. The van der Waals surface area contributed by atoms with Crippen molar-refractivity contribution in [2.45, 2.75) is 89.0 Å². The van der Waals surface area contributed by atoms with Crippen LogP contribution in [0.15, 0.2) is 36.9 Å². The van der Waals surface area contributed by atoms with Gasteiger partial charge in [0.25, 0.3) is 0 Å². The Kier molecular flexibility index (Phi) is 6.42. The number of ketones is 1. The van der Waals surface area contributed by atoms with Crippen LogP contribution in [0, 0.1) is 16.7 Å². The van der Waals surface area contributed by atoms with Gasteiger partial charge in [0.1, 0.15) is 5.60 Å². The Hall–Kier alpha value is -1.97. The Morgan fingerprint density at radius 1 is 1.19 bits per heavy atom. The Morgan fingerprint density at radius 2 is 1.81 bits per heavy atom. The standard InChI is InChI=1S/C27H36ClNO7/c1-7-24(4)14-18(31)27(34)25(5)17(30)12-13-23(2,3)20(25)19(32)21(26(27,6)36-24)35-22(33)29-16-10-8-15(28)9-11-16/h7-11,17,19-21,30,32,34H,1,12-14H2,2-6H3,(H,29,33)/t17-,19-,20-,21-,24-,25-,26+,27-/m0/s1. The molecule has 2 aliphatic carbocycles. The molecule has 1 aromatic carbocycles. The van der Waals surface area contributed by atoms with Gasteiger partial charge < -0.3 is 24.8 Å². The van der Waals surface area contributed by atoms with E-state index in [4.69, 9.17) is 21.1 Å². The molecule has 0 bridgehead atoms. The van der Waals surface area contributed by atoms with Gasteiger partial charge in [0.2, 0.25) is 0 Å². The molecule has 198 valence electrons. The van der Waals surface area contributed by atoms with Crippen molar-refractivity contribution in [1.29, 1.82) is 0 Å². The summed E-state index contributed by atoms with van der Waals surface area (Å²) in [4.78, 5) is 26.9. The minimum absolute atomic E-state index is 0.183. The zero-order chi connectivity index (χ0) is 26.9. The van der Waals surface area contributed by atoms with Gasteiger partial charge in [-0.05, 0) is 56.4 Å². The van der Waals surface area contributed by atoms with E-state index in [2.05, 4.69) is 11.9 Å². The number of benzene rings is 1. The van der Waals surface area contributed by atoms with Gasteiger partial charge in [0.05, 0.1) is 17.8 Å². The van der Waals surface area contributed by atoms with E-state index in [-0.39, 0.29) is 6.42 Å². The van der Waals surface area contributed by atoms with E-state index in [9.17, 15) is 24.9 Å². The van der Waals surface area contributed by atoms with Crippen LogP contribution >= 0.6 is 11.6 Å². The van der Waals surface area contributed by atoms with E-state index in [0.29, 0.717) is 23.6 Å². The summed E-state index contributed by atoms with van der Waals surface area (Å²) in [5, 5.41) is 38.6. The number of halogens is 1. The molecule has 1 amide bonds. The number of nitrogens with one attached hydrogen (secondary N) is 1. The molecule has 4 rings (SSSR count). The molecule has 36 heavy (non-hydrogen) atoms. The molecule has 3 aliphatic rings. The van der Waals surface area contributed by atoms with Crippen LogP contribution in [0.3, 0.4) is 0 Å². The second-order valence-corrected chi connectivity index (χ2v) is 12.2. The van der Waals surface area contributed by atoms with Crippen LogP contribution in [0.5, 0.6) is 0 Å². The lowest BCUT2D eigenvalue weighted by molar-refractivity contribution is -0.368. The number of hydrogen-bond acceptors (Lipinski definition) is 7. The van der Waals surface area contributed by atoms with Gasteiger partial charge in [-0.2, -0.15) is 0 Å². The van der Waals surface area contributed by atoms with Gasteiger partial charge in [0.15, 0.2) is 17.5 Å². The largest absolute Gasteiger partial charge is 0.440 e. The molecule has 3 fully saturated rings. The van der Waals surface area contributed by atoms with E-state index in [0.717, 1.165) is 0 Å². The molecular formula is C27H36ClNO7. The third-order valence-electron chi connectivity index (χ3n) is 9.05. The van der Waals surface area contributed by atoms with Crippen LogP contribution in [0.2, 0.25) is 5.02 Å². The number of carbonyl (C=O) groups excluding carboxylic acids is 2. The normalized spacial score (nSPS) is 43.6. The first-order valence-corrected chi connectivity index (χ1v) is 12.6. The van der Waals surface area contributed by atoms with E-state index >= 15 is 0 Å². The Morgan fingerprint density at radius 3 is 2.39 bits per heavy atom. The van der Waals surface area contributed by atoms with Crippen molar-refractivity contribution in [3.8, 4) is 0 Å². The van der Waals surface area contributed by atoms with E-state index < -0.39 is 63.7 Å². The molecule has 0 unspecified atom stereocenters. The number of fused-ring (bicyclic) bond motifs is 3. The summed E-state index contributed by atoms with van der Waals surface area (Å²) >= 11 is 5.92. The summed E-state index contributed by atoms with van der Waals surface area (Å²) in [5.74, 6) is -1.35. The van der Waals surface area contributed by atoms with E-state index in [1.165, 1.54) is 13.0 Å². The minimum atomic E-state index is -2.27. The highest BCUT2D eigenvalue weighted by Crippen LogP contribution is 2.67. The van der Waals surface area contributed by atoms with Crippen LogP contribution < -0.4 is 5.32 Å². The summed E-state index contributed by atoms with van der Waals surface area (Å²) in [5.41, 5.74) is -7.03. The SMILES string of the molecule is C=C[C@@]1(C)CC(=O)[C@]2(O)[C@@]3(C)[C@@H](O)CCC(C)(C)[C@@H]3[C@H](O)[C@H](OC(=O)Nc3ccc(Cl)cc3)[C@@]2(C)O1. The van der Waals surface area contributed by atoms with Crippen molar-refractivity contribution in [1.82, 2.24) is 0 Å². The van der Waals surface area contributed by atoms with Gasteiger partial charge in [-0.15, -0.1) is 6.58 Å². The average Bonchev–Trinajstić information content (AvgIpc) is 2.79. The fraction of sp³-hybridized carbons (Fsp3) is 0.630. The predicted molar refractivity (Wildman–Crippen MR) is 135 cm³/mol. The number of aliphatic hydroxyl groups is 3. The van der Waals surface area contributed by atoms with Crippen LogP contribution in [0.25, 0.3) is 0 Å². The first kappa shape index (κ1) is 27.1. The van der Waals surface area contributed by atoms with Gasteiger partial charge in [-0.3, -0.25) is 10.1 Å². The van der Waals surface area contributed by atoms with Crippen molar-refractivity contribution < 1.29 is 34.4 Å². The molecule has 9 heteroatoms. The average molecular weight is 522 g/mol. The Balaban J connectivity index is 1.84. The maximum Gasteiger partial charge on any atom is 0.412 e. The highest BCUT2D eigenvalue weighted by molar-refractivity contribution is 6.30. The molecule has 4 N–H and O–H groups in total. The van der Waals surface area contributed by atoms with Crippen LogP contribution in [0.4, 0.5) is 10.5 Å². The molecule has 0 radical (unpaired) electrons. The zero-order valence-corrected chi connectivity index (χ0v) is 22.1. The van der Waals surface area contributed by atoms with Crippen molar-refractivity contribution in [3.05, 3.63) is 41.9 Å². The van der Waals surface area contributed by atoms with Gasteiger partial charge >= 0.3 is 6.09 Å². The van der Waals surface area contributed by atoms with Crippen LogP contribution in [0.1, 0.15) is 53.9 Å². The number of hydrogen-bond donors (Lipinski definition) is 4. The maximum atomic E-state index is 13.9. The lowest BCUT2D eigenvalue weighted by Crippen LogP contribution is -2.86. The third-order valence-corrected chi connectivity index (χ3v) is 9.30. The summed E-state index contributed by atoms with van der Waals surface area (Å²) in [6.07, 6.45) is -2.65. The summed E-state index contributed by atoms with van der Waals surface area (Å²) in [7, 11) is 0. The van der Waals surface area contributed by atoms with Crippen molar-refractivity contribution >= 4 is 29.2 Å². The number of anilines is 1. The van der Waals surface area contributed by atoms with Crippen LogP contribution in [-0.2, 0) is 14.3 Å². The fourth-order valence-corrected chi connectivity index (χ4v) is 7.40. The molecular weight excluding hydrogens is 486 g/mol. The van der Waals surface area contributed by atoms with E-state index in [1.54, 1.807) is 38.1 Å². The smallest absolute Gasteiger partial charge is 0.412 e. The molecule has 1 aliphatic heterocycles. The first-order chi connectivity index (χ1) is 16.6. The lowest BCUT2D eigenvalue weighted by atomic mass is 9.40. The number of aliphatic hydroxyl groups excluding tert-OH is 2. The maximum absolute atomic E-state index is 13.9. The summed E-state index contributed by atoms with van der Waals surface area (Å²) in [6, 6.07) is 6.38. The topological polar surface area (TPSA) is 125 Å². The third kappa shape index (κ3) is 3.64. The molecule has 1 heterocycles. The monoisotopic (exact) mass is 521 g/mol.